The van der Waals surface area contributed by atoms with E-state index in [1.807, 2.05) is 6.21 Å². The van der Waals surface area contributed by atoms with Crippen LogP contribution in [0, 0.1) is 13.8 Å². The molecule has 18 heavy (non-hydrogen) atoms. The molecule has 1 N–H and O–H groups in total. The summed E-state index contributed by atoms with van der Waals surface area (Å²) in [6.45, 7) is 4.26. The highest BCUT2D eigenvalue weighted by atomic mass is 35.5. The van der Waals surface area contributed by atoms with E-state index in [0.717, 1.165) is 12.8 Å². The Morgan fingerprint density at radius 1 is 1.22 bits per heavy atom. The van der Waals surface area contributed by atoms with Crippen LogP contribution in [0.1, 0.15) is 42.4 Å². The maximum absolute atomic E-state index is 5.80. The van der Waals surface area contributed by atoms with Crippen molar-refractivity contribution in [2.24, 2.45) is 4.99 Å². The second kappa shape index (κ2) is 6.35. The zero-order chi connectivity index (χ0) is 13.0. The van der Waals surface area contributed by atoms with Gasteiger partial charge in [-0.15, -0.1) is 0 Å². The van der Waals surface area contributed by atoms with E-state index in [1.54, 1.807) is 0 Å². The minimum Gasteiger partial charge on any atom is -0.288 e. The Morgan fingerprint density at radius 2 is 1.89 bits per heavy atom. The molecule has 0 bridgehead atoms. The van der Waals surface area contributed by atoms with Crippen molar-refractivity contribution < 1.29 is 0 Å². The molecule has 0 spiro atoms. The summed E-state index contributed by atoms with van der Waals surface area (Å²) < 4.78 is 0. The Labute approximate surface area is 115 Å². The van der Waals surface area contributed by atoms with E-state index >= 15 is 0 Å². The van der Waals surface area contributed by atoms with Crippen molar-refractivity contribution in [3.8, 4) is 0 Å². The summed E-state index contributed by atoms with van der Waals surface area (Å²) in [4.78, 5) is 7.63. The number of aryl methyl sites for hydroxylation is 2. The van der Waals surface area contributed by atoms with Gasteiger partial charge in [0.2, 0.25) is 0 Å². The van der Waals surface area contributed by atoms with E-state index in [2.05, 4.69) is 36.9 Å². The third kappa shape index (κ3) is 3.12. The molecule has 0 aliphatic heterocycles. The van der Waals surface area contributed by atoms with Crippen LogP contribution in [-0.4, -0.2) is 18.3 Å². The fourth-order valence-corrected chi connectivity index (χ4v) is 2.87. The number of nitrogens with one attached hydrogen (secondary N) is 1. The average Bonchev–Trinajstić information content (AvgIpc) is 2.38. The fraction of sp³-hybridized carbons (Fsp3) is 0.533. The smallest absolute Gasteiger partial charge is 0.0665 e. The highest BCUT2D eigenvalue weighted by molar-refractivity contribution is 6.13. The molecule has 0 aromatic heterocycles. The van der Waals surface area contributed by atoms with Gasteiger partial charge in [0.15, 0.2) is 0 Å². The van der Waals surface area contributed by atoms with Gasteiger partial charge in [-0.1, -0.05) is 31.0 Å². The summed E-state index contributed by atoms with van der Waals surface area (Å²) in [5, 5.41) is 0. The third-order valence-corrected chi connectivity index (χ3v) is 4.09. The summed E-state index contributed by atoms with van der Waals surface area (Å²) in [7, 11) is 0. The van der Waals surface area contributed by atoms with Crippen LogP contribution in [0.25, 0.3) is 0 Å². The molecule has 1 aromatic carbocycles. The third-order valence-electron chi connectivity index (χ3n) is 3.81. The molecule has 2 unspecified atom stereocenters. The van der Waals surface area contributed by atoms with Crippen molar-refractivity contribution in [1.82, 2.24) is 4.84 Å². The molecule has 0 heterocycles. The number of aliphatic imine (C=N–C) groups is 1. The summed E-state index contributed by atoms with van der Waals surface area (Å²) >= 11 is 5.80. The van der Waals surface area contributed by atoms with E-state index in [4.69, 9.17) is 16.8 Å². The van der Waals surface area contributed by atoms with Crippen molar-refractivity contribution >= 4 is 18.0 Å². The number of nitrogens with zero attached hydrogens (tertiary/aromatic N) is 1. The van der Waals surface area contributed by atoms with Crippen molar-refractivity contribution in [2.75, 3.05) is 0 Å². The van der Waals surface area contributed by atoms with E-state index < -0.39 is 0 Å². The first-order valence-electron chi connectivity index (χ1n) is 6.68. The molecule has 3 heteroatoms. The van der Waals surface area contributed by atoms with Gasteiger partial charge in [0, 0.05) is 12.3 Å². The predicted octanol–water partition coefficient (Wildman–Crippen LogP) is 3.78. The van der Waals surface area contributed by atoms with Crippen molar-refractivity contribution in [2.45, 2.75) is 51.6 Å². The Bertz CT molecular complexity index is 408. The Balaban J connectivity index is 2.14. The highest BCUT2D eigenvalue weighted by Crippen LogP contribution is 2.22. The normalized spacial score (nSPS) is 24.6. The van der Waals surface area contributed by atoms with Gasteiger partial charge in [-0.2, -0.15) is 0 Å². The monoisotopic (exact) mass is 264 g/mol. The lowest BCUT2D eigenvalue weighted by Crippen LogP contribution is -2.36. The standard InChI is InChI=1S/C15H21ClN2/c1-11-6-5-7-12(2)13(11)10-17-14-8-3-4-9-15(14)18-16/h5-7,10,14-15,18H,3-4,8-9H2,1-2H3. The van der Waals surface area contributed by atoms with Gasteiger partial charge < -0.3 is 0 Å². The van der Waals surface area contributed by atoms with Gasteiger partial charge in [-0.25, -0.2) is 4.84 Å². The first-order chi connectivity index (χ1) is 8.72. The molecular weight excluding hydrogens is 244 g/mol. The van der Waals surface area contributed by atoms with Gasteiger partial charge in [0.05, 0.1) is 6.04 Å². The zero-order valence-corrected chi connectivity index (χ0v) is 11.9. The zero-order valence-electron chi connectivity index (χ0n) is 11.1. The molecule has 1 saturated carbocycles. The van der Waals surface area contributed by atoms with Gasteiger partial charge in [0.25, 0.3) is 0 Å². The van der Waals surface area contributed by atoms with E-state index in [-0.39, 0.29) is 0 Å². The Kier molecular flexibility index (Phi) is 4.79. The minimum absolute atomic E-state index is 0.315. The van der Waals surface area contributed by atoms with Gasteiger partial charge >= 0.3 is 0 Å². The number of hydrogen-bond acceptors (Lipinski definition) is 2. The Hall–Kier alpha value is -0.860. The maximum atomic E-state index is 5.80. The van der Waals surface area contributed by atoms with Gasteiger partial charge in [0.1, 0.15) is 0 Å². The molecule has 2 rings (SSSR count). The fourth-order valence-electron chi connectivity index (χ4n) is 2.62. The van der Waals surface area contributed by atoms with Crippen LogP contribution < -0.4 is 4.84 Å². The lowest BCUT2D eigenvalue weighted by Gasteiger charge is -2.27. The average molecular weight is 265 g/mol. The number of rotatable bonds is 3. The Morgan fingerprint density at radius 3 is 2.56 bits per heavy atom. The van der Waals surface area contributed by atoms with Crippen molar-refractivity contribution in [1.29, 1.82) is 0 Å². The molecule has 98 valence electrons. The molecule has 0 radical (unpaired) electrons. The quantitative estimate of drug-likeness (QED) is 0.652. The van der Waals surface area contributed by atoms with Crippen LogP contribution in [-0.2, 0) is 0 Å². The first-order valence-corrected chi connectivity index (χ1v) is 7.05. The van der Waals surface area contributed by atoms with Crippen molar-refractivity contribution in [3.05, 3.63) is 34.9 Å². The van der Waals surface area contributed by atoms with Crippen molar-refractivity contribution in [3.63, 3.8) is 0 Å². The van der Waals surface area contributed by atoms with E-state index in [0.29, 0.717) is 12.1 Å². The van der Waals surface area contributed by atoms with Gasteiger partial charge in [-0.3, -0.25) is 4.99 Å². The number of halogens is 1. The second-order valence-corrected chi connectivity index (χ2v) is 5.37. The molecule has 1 aliphatic carbocycles. The lowest BCUT2D eigenvalue weighted by molar-refractivity contribution is 0.369. The molecule has 1 aliphatic rings. The summed E-state index contributed by atoms with van der Waals surface area (Å²) in [6, 6.07) is 6.99. The topological polar surface area (TPSA) is 24.4 Å². The number of hydrogen-bond donors (Lipinski definition) is 1. The summed E-state index contributed by atoms with van der Waals surface area (Å²) in [6.07, 6.45) is 6.79. The van der Waals surface area contributed by atoms with E-state index in [9.17, 15) is 0 Å². The van der Waals surface area contributed by atoms with Crippen LogP contribution in [0.4, 0.5) is 0 Å². The second-order valence-electron chi connectivity index (χ2n) is 5.15. The molecule has 0 saturated heterocycles. The first kappa shape index (κ1) is 13.6. The lowest BCUT2D eigenvalue weighted by atomic mass is 9.91. The predicted molar refractivity (Wildman–Crippen MR) is 78.5 cm³/mol. The largest absolute Gasteiger partial charge is 0.288 e. The molecule has 1 fully saturated rings. The molecule has 2 atom stereocenters. The molecular formula is C15H21ClN2. The summed E-state index contributed by atoms with van der Waals surface area (Å²) in [5.74, 6) is 0. The van der Waals surface area contributed by atoms with Gasteiger partial charge in [-0.05, 0) is 55.2 Å². The van der Waals surface area contributed by atoms with Crippen LogP contribution in [0.3, 0.4) is 0 Å². The molecule has 0 amide bonds. The highest BCUT2D eigenvalue weighted by Gasteiger charge is 2.23. The SMILES string of the molecule is Cc1cccc(C)c1C=NC1CCCCC1NCl. The number of benzene rings is 1. The van der Waals surface area contributed by atoms with E-state index in [1.165, 1.54) is 29.5 Å². The van der Waals surface area contributed by atoms with Crippen LogP contribution in [0.5, 0.6) is 0 Å². The molecule has 2 nitrogen and oxygen atoms in total. The van der Waals surface area contributed by atoms with Crippen LogP contribution in [0.15, 0.2) is 23.2 Å². The minimum atomic E-state index is 0.315. The van der Waals surface area contributed by atoms with Crippen LogP contribution in [0.2, 0.25) is 0 Å². The summed E-state index contributed by atoms with van der Waals surface area (Å²) in [5.41, 5.74) is 3.81. The van der Waals surface area contributed by atoms with Crippen LogP contribution >= 0.6 is 11.8 Å². The maximum Gasteiger partial charge on any atom is 0.0665 e. The molecule has 1 aromatic rings.